The third-order valence-electron chi connectivity index (χ3n) is 5.27. The van der Waals surface area contributed by atoms with Crippen molar-refractivity contribution in [1.82, 2.24) is 0 Å². The molecule has 2 aromatic carbocycles. The van der Waals surface area contributed by atoms with Gasteiger partial charge in [-0.25, -0.2) is 8.42 Å². The van der Waals surface area contributed by atoms with Crippen LogP contribution in [0.25, 0.3) is 0 Å². The van der Waals surface area contributed by atoms with Crippen LogP contribution in [0, 0.1) is 5.41 Å². The van der Waals surface area contributed by atoms with Crippen molar-refractivity contribution in [3.05, 3.63) is 53.1 Å². The van der Waals surface area contributed by atoms with Crippen LogP contribution in [-0.4, -0.2) is 45.3 Å². The Kier molecular flexibility index (Phi) is 4.52. The van der Waals surface area contributed by atoms with Crippen LogP contribution in [0.2, 0.25) is 5.02 Å². The second-order valence-corrected chi connectivity index (χ2v) is 9.29. The highest BCUT2D eigenvalue weighted by Crippen LogP contribution is 2.65. The van der Waals surface area contributed by atoms with Crippen molar-refractivity contribution >= 4 is 27.4 Å². The van der Waals surface area contributed by atoms with Gasteiger partial charge in [0.05, 0.1) is 16.8 Å². The predicted molar refractivity (Wildman–Crippen MR) is 99.7 cm³/mol. The number of carboxylic acid groups (broad SMARTS) is 1. The Hall–Kier alpha value is -2.29. The molecular weight excluding hydrogens is 408 g/mol. The van der Waals surface area contributed by atoms with E-state index < -0.39 is 32.4 Å². The zero-order chi connectivity index (χ0) is 20.1. The van der Waals surface area contributed by atoms with E-state index in [0.717, 1.165) is 0 Å². The van der Waals surface area contributed by atoms with Crippen molar-refractivity contribution in [3.63, 3.8) is 0 Å². The van der Waals surface area contributed by atoms with Gasteiger partial charge in [-0.15, -0.1) is 0 Å². The van der Waals surface area contributed by atoms with Crippen LogP contribution in [0.5, 0.6) is 11.5 Å². The van der Waals surface area contributed by atoms with E-state index in [-0.39, 0.29) is 18.3 Å². The molecule has 0 aromatic heterocycles. The highest BCUT2D eigenvalue weighted by atomic mass is 35.5. The number of carboxylic acids is 1. The number of aliphatic carboxylic acids is 1. The van der Waals surface area contributed by atoms with Crippen LogP contribution in [0.15, 0.2) is 47.4 Å². The number of benzene rings is 2. The first kappa shape index (κ1) is 19.0. The number of halogens is 1. The third-order valence-corrected chi connectivity index (χ3v) is 7.81. The predicted octanol–water partition coefficient (Wildman–Crippen LogP) is 2.73. The highest BCUT2D eigenvalue weighted by Gasteiger charge is 2.76. The Morgan fingerprint density at radius 3 is 2.54 bits per heavy atom. The number of ether oxygens (including phenoxy) is 3. The third kappa shape index (κ3) is 2.75. The first-order chi connectivity index (χ1) is 13.3. The maximum atomic E-state index is 13.3. The van der Waals surface area contributed by atoms with Crippen LogP contribution in [-0.2, 0) is 19.4 Å². The number of carbonyl (C=O) groups is 1. The average molecular weight is 425 g/mol. The summed E-state index contributed by atoms with van der Waals surface area (Å²) in [5.41, 5.74) is -1.05. The number of rotatable bonds is 6. The first-order valence-electron chi connectivity index (χ1n) is 8.43. The average Bonchev–Trinajstić information content (AvgIpc) is 3.13. The van der Waals surface area contributed by atoms with Crippen molar-refractivity contribution in [3.8, 4) is 11.5 Å². The second kappa shape index (κ2) is 6.65. The summed E-state index contributed by atoms with van der Waals surface area (Å²) in [5, 5.41) is 9.17. The molecule has 0 amide bonds. The summed E-state index contributed by atoms with van der Waals surface area (Å²) in [5.74, 6) is -1.02. The fourth-order valence-corrected chi connectivity index (χ4v) is 6.42. The smallest absolute Gasteiger partial charge is 0.314 e. The lowest BCUT2D eigenvalue weighted by atomic mass is 9.99. The van der Waals surface area contributed by atoms with Crippen molar-refractivity contribution in [2.24, 2.45) is 5.41 Å². The Morgan fingerprint density at radius 1 is 1.21 bits per heavy atom. The number of fused-ring (bicyclic) bond motifs is 1. The standard InChI is InChI=1S/C19H17ClO7S/c1-25-9-19(18(21)22)16(11-2-7-14-15(8-11)27-10-26-14)17(19)28(23,24)13-5-3-12(20)4-6-13/h2-8,16-17H,9-10H2,1H3,(H,21,22). The molecule has 7 nitrogen and oxygen atoms in total. The molecule has 1 fully saturated rings. The van der Waals surface area contributed by atoms with E-state index in [4.69, 9.17) is 25.8 Å². The number of sulfone groups is 1. The summed E-state index contributed by atoms with van der Waals surface area (Å²) >= 11 is 5.86. The van der Waals surface area contributed by atoms with Gasteiger partial charge in [0.25, 0.3) is 0 Å². The largest absolute Gasteiger partial charge is 0.481 e. The maximum Gasteiger partial charge on any atom is 0.314 e. The Balaban J connectivity index is 1.81. The van der Waals surface area contributed by atoms with E-state index in [1.807, 2.05) is 0 Å². The van der Waals surface area contributed by atoms with E-state index in [1.165, 1.54) is 31.4 Å². The lowest BCUT2D eigenvalue weighted by molar-refractivity contribution is -0.145. The molecule has 0 bridgehead atoms. The van der Waals surface area contributed by atoms with E-state index in [9.17, 15) is 18.3 Å². The lowest BCUT2D eigenvalue weighted by Gasteiger charge is -2.12. The Morgan fingerprint density at radius 2 is 1.89 bits per heavy atom. The van der Waals surface area contributed by atoms with Gasteiger partial charge < -0.3 is 19.3 Å². The molecule has 0 spiro atoms. The van der Waals surface area contributed by atoms with E-state index in [2.05, 4.69) is 0 Å². The summed E-state index contributed by atoms with van der Waals surface area (Å²) in [7, 11) is -2.61. The van der Waals surface area contributed by atoms with Gasteiger partial charge in [0, 0.05) is 18.1 Å². The molecule has 1 aliphatic carbocycles. The molecule has 2 aromatic rings. The minimum atomic E-state index is -3.96. The molecule has 1 aliphatic heterocycles. The topological polar surface area (TPSA) is 99.1 Å². The van der Waals surface area contributed by atoms with Crippen LogP contribution in [0.4, 0.5) is 0 Å². The number of hydrogen-bond donors (Lipinski definition) is 1. The molecule has 9 heteroatoms. The second-order valence-electron chi connectivity index (χ2n) is 6.79. The summed E-state index contributed by atoms with van der Waals surface area (Å²) in [4.78, 5) is 12.2. The van der Waals surface area contributed by atoms with Crippen LogP contribution < -0.4 is 9.47 Å². The van der Waals surface area contributed by atoms with Gasteiger partial charge in [-0.2, -0.15) is 0 Å². The molecule has 0 radical (unpaired) electrons. The van der Waals surface area contributed by atoms with E-state index >= 15 is 0 Å². The van der Waals surface area contributed by atoms with Gasteiger partial charge in [0.2, 0.25) is 6.79 Å². The van der Waals surface area contributed by atoms with Gasteiger partial charge in [-0.05, 0) is 42.0 Å². The van der Waals surface area contributed by atoms with Crippen LogP contribution >= 0.6 is 11.6 Å². The highest BCUT2D eigenvalue weighted by molar-refractivity contribution is 7.92. The molecule has 28 heavy (non-hydrogen) atoms. The Labute approximate surface area is 166 Å². The molecule has 1 saturated carbocycles. The SMILES string of the molecule is COCC1(C(=O)O)C(c2ccc3c(c2)OCO3)C1S(=O)(=O)c1ccc(Cl)cc1. The number of methoxy groups -OCH3 is 1. The normalized spacial score (nSPS) is 25.5. The van der Waals surface area contributed by atoms with Gasteiger partial charge in [0.15, 0.2) is 21.3 Å². The van der Waals surface area contributed by atoms with Gasteiger partial charge in [-0.3, -0.25) is 4.79 Å². The summed E-state index contributed by atoms with van der Waals surface area (Å²) in [6.45, 7) is -0.170. The monoisotopic (exact) mass is 424 g/mol. The van der Waals surface area contributed by atoms with Crippen LogP contribution in [0.3, 0.4) is 0 Å². The molecule has 2 aliphatic rings. The fraction of sp³-hybridized carbons (Fsp3) is 0.316. The molecular formula is C19H17ClO7S. The zero-order valence-corrected chi connectivity index (χ0v) is 16.4. The molecule has 0 saturated heterocycles. The molecule has 4 rings (SSSR count). The minimum Gasteiger partial charge on any atom is -0.481 e. The zero-order valence-electron chi connectivity index (χ0n) is 14.8. The first-order valence-corrected chi connectivity index (χ1v) is 10.4. The minimum absolute atomic E-state index is 0.0203. The molecule has 3 atom stereocenters. The molecule has 3 unspecified atom stereocenters. The summed E-state index contributed by atoms with van der Waals surface area (Å²) in [6, 6.07) is 10.6. The molecule has 1 N–H and O–H groups in total. The maximum absolute atomic E-state index is 13.3. The van der Waals surface area contributed by atoms with Gasteiger partial charge in [0.1, 0.15) is 5.41 Å². The quantitative estimate of drug-likeness (QED) is 0.761. The van der Waals surface area contributed by atoms with Crippen molar-refractivity contribution in [2.45, 2.75) is 16.1 Å². The van der Waals surface area contributed by atoms with Crippen LogP contribution in [0.1, 0.15) is 11.5 Å². The van der Waals surface area contributed by atoms with E-state index in [0.29, 0.717) is 22.1 Å². The fourth-order valence-electron chi connectivity index (χ4n) is 3.94. The van der Waals surface area contributed by atoms with Crippen molar-refractivity contribution in [2.75, 3.05) is 20.5 Å². The Bertz CT molecular complexity index is 1030. The molecule has 148 valence electrons. The van der Waals surface area contributed by atoms with Crippen molar-refractivity contribution in [1.29, 1.82) is 0 Å². The summed E-state index contributed by atoms with van der Waals surface area (Å²) < 4.78 is 42.4. The van der Waals surface area contributed by atoms with Gasteiger partial charge in [-0.1, -0.05) is 17.7 Å². The van der Waals surface area contributed by atoms with Crippen molar-refractivity contribution < 1.29 is 32.5 Å². The van der Waals surface area contributed by atoms with Gasteiger partial charge >= 0.3 is 5.97 Å². The lowest BCUT2D eigenvalue weighted by Crippen LogP contribution is -2.28. The molecule has 1 heterocycles. The van der Waals surface area contributed by atoms with E-state index in [1.54, 1.807) is 18.2 Å². The summed E-state index contributed by atoms with van der Waals surface area (Å²) in [6.07, 6.45) is 0. The number of hydrogen-bond acceptors (Lipinski definition) is 6.